The van der Waals surface area contributed by atoms with E-state index >= 15 is 0 Å². The molecule has 1 N–H and O–H groups in total. The molecule has 4 rings (SSSR count). The Bertz CT molecular complexity index is 677. The summed E-state index contributed by atoms with van der Waals surface area (Å²) in [5, 5.41) is 8.00. The van der Waals surface area contributed by atoms with Crippen LogP contribution in [0.3, 0.4) is 0 Å². The molecule has 1 atom stereocenters. The fraction of sp³-hybridized carbons (Fsp3) is 0.526. The van der Waals surface area contributed by atoms with Crippen LogP contribution in [0.5, 0.6) is 5.75 Å². The second-order valence-corrected chi connectivity index (χ2v) is 7.19. The first-order valence-electron chi connectivity index (χ1n) is 8.88. The molecule has 2 aliphatic heterocycles. The van der Waals surface area contributed by atoms with Crippen LogP contribution >= 0.6 is 0 Å². The van der Waals surface area contributed by atoms with Gasteiger partial charge in [0.25, 0.3) is 0 Å². The first kappa shape index (κ1) is 15.7. The molecule has 0 bridgehead atoms. The quantitative estimate of drug-likeness (QED) is 0.937. The minimum absolute atomic E-state index is 0.489. The molecule has 0 aliphatic carbocycles. The highest BCUT2D eigenvalue weighted by Crippen LogP contribution is 2.37. The summed E-state index contributed by atoms with van der Waals surface area (Å²) in [6, 6.07) is 8.24. The largest absolute Gasteiger partial charge is 0.497 e. The first-order chi connectivity index (χ1) is 11.8. The SMILES string of the molecule is COc1ccc(-n2cccn2)c(CN2CC[C@]3(CCCNC3)C2)c1. The topological polar surface area (TPSA) is 42.3 Å². The highest BCUT2D eigenvalue weighted by Gasteiger charge is 2.38. The zero-order valence-corrected chi connectivity index (χ0v) is 14.4. The molecule has 0 unspecified atom stereocenters. The van der Waals surface area contributed by atoms with Gasteiger partial charge in [0.2, 0.25) is 0 Å². The minimum Gasteiger partial charge on any atom is -0.497 e. The van der Waals surface area contributed by atoms with E-state index in [-0.39, 0.29) is 0 Å². The van der Waals surface area contributed by atoms with Crippen LogP contribution in [0.2, 0.25) is 0 Å². The highest BCUT2D eigenvalue weighted by atomic mass is 16.5. The van der Waals surface area contributed by atoms with Crippen LogP contribution in [-0.2, 0) is 6.54 Å². The van der Waals surface area contributed by atoms with E-state index in [0.717, 1.165) is 18.0 Å². The lowest BCUT2D eigenvalue weighted by molar-refractivity contribution is 0.199. The molecule has 1 aromatic heterocycles. The molecule has 2 saturated heterocycles. The number of nitrogens with one attached hydrogen (secondary N) is 1. The Balaban J connectivity index is 1.55. The minimum atomic E-state index is 0.489. The van der Waals surface area contributed by atoms with Gasteiger partial charge >= 0.3 is 0 Å². The van der Waals surface area contributed by atoms with Gasteiger partial charge in [0.15, 0.2) is 0 Å². The van der Waals surface area contributed by atoms with E-state index in [2.05, 4.69) is 27.4 Å². The van der Waals surface area contributed by atoms with E-state index < -0.39 is 0 Å². The molecule has 1 aromatic carbocycles. The summed E-state index contributed by atoms with van der Waals surface area (Å²) in [5.74, 6) is 0.911. The Hall–Kier alpha value is -1.85. The molecular weight excluding hydrogens is 300 g/mol. The van der Waals surface area contributed by atoms with Crippen LogP contribution in [0.1, 0.15) is 24.8 Å². The standard InChI is InChI=1S/C19H26N4O/c1-24-17-4-5-18(23-10-3-9-21-23)16(12-17)13-22-11-7-19(15-22)6-2-8-20-14-19/h3-5,9-10,12,20H,2,6-8,11,13-15H2,1H3/t19-/m0/s1. The number of likely N-dealkylation sites (tertiary alicyclic amines) is 1. The monoisotopic (exact) mass is 326 g/mol. The van der Waals surface area contributed by atoms with Crippen molar-refractivity contribution in [1.29, 1.82) is 0 Å². The number of benzene rings is 1. The number of ether oxygens (including phenoxy) is 1. The maximum Gasteiger partial charge on any atom is 0.119 e. The van der Waals surface area contributed by atoms with Gasteiger partial charge in [-0.05, 0) is 67.6 Å². The Kier molecular flexibility index (Phi) is 4.29. The molecule has 5 nitrogen and oxygen atoms in total. The van der Waals surface area contributed by atoms with Crippen LogP contribution in [0.4, 0.5) is 0 Å². The third kappa shape index (κ3) is 3.06. The van der Waals surface area contributed by atoms with Crippen molar-refractivity contribution in [3.8, 4) is 11.4 Å². The normalized spacial score (nSPS) is 24.5. The molecule has 0 radical (unpaired) electrons. The second-order valence-electron chi connectivity index (χ2n) is 7.19. The van der Waals surface area contributed by atoms with E-state index in [0.29, 0.717) is 5.41 Å². The Morgan fingerprint density at radius 2 is 2.29 bits per heavy atom. The lowest BCUT2D eigenvalue weighted by Gasteiger charge is -2.34. The van der Waals surface area contributed by atoms with E-state index in [4.69, 9.17) is 4.74 Å². The van der Waals surface area contributed by atoms with Gasteiger partial charge in [-0.15, -0.1) is 0 Å². The molecule has 2 aromatic rings. The van der Waals surface area contributed by atoms with Crippen molar-refractivity contribution in [2.45, 2.75) is 25.8 Å². The van der Waals surface area contributed by atoms with Gasteiger partial charge in [-0.3, -0.25) is 4.90 Å². The zero-order chi connectivity index (χ0) is 16.4. The van der Waals surface area contributed by atoms with Gasteiger partial charge in [-0.2, -0.15) is 5.10 Å². The van der Waals surface area contributed by atoms with Gasteiger partial charge < -0.3 is 10.1 Å². The molecule has 0 amide bonds. The van der Waals surface area contributed by atoms with Crippen molar-refractivity contribution < 1.29 is 4.74 Å². The fourth-order valence-electron chi connectivity index (χ4n) is 4.23. The van der Waals surface area contributed by atoms with Crippen LogP contribution in [0.25, 0.3) is 5.69 Å². The summed E-state index contributed by atoms with van der Waals surface area (Å²) in [4.78, 5) is 2.59. The van der Waals surface area contributed by atoms with Gasteiger partial charge in [0.1, 0.15) is 5.75 Å². The highest BCUT2D eigenvalue weighted by molar-refractivity contribution is 5.45. The van der Waals surface area contributed by atoms with E-state index in [1.54, 1.807) is 7.11 Å². The number of nitrogens with zero attached hydrogens (tertiary/aromatic N) is 3. The van der Waals surface area contributed by atoms with Gasteiger partial charge in [-0.25, -0.2) is 4.68 Å². The van der Waals surface area contributed by atoms with Crippen LogP contribution in [-0.4, -0.2) is 48.0 Å². The van der Waals surface area contributed by atoms with Gasteiger partial charge in [0, 0.05) is 32.0 Å². The predicted molar refractivity (Wildman–Crippen MR) is 94.5 cm³/mol. The first-order valence-corrected chi connectivity index (χ1v) is 8.88. The summed E-state index contributed by atoms with van der Waals surface area (Å²) < 4.78 is 7.39. The molecular formula is C19H26N4O. The van der Waals surface area contributed by atoms with Crippen LogP contribution < -0.4 is 10.1 Å². The molecule has 2 aliphatic rings. The van der Waals surface area contributed by atoms with Crippen molar-refractivity contribution in [3.05, 3.63) is 42.2 Å². The smallest absolute Gasteiger partial charge is 0.119 e. The lowest BCUT2D eigenvalue weighted by Crippen LogP contribution is -2.41. The maximum absolute atomic E-state index is 5.44. The second kappa shape index (κ2) is 6.57. The third-order valence-corrected chi connectivity index (χ3v) is 5.51. The number of aromatic nitrogens is 2. The third-order valence-electron chi connectivity index (χ3n) is 5.51. The molecule has 128 valence electrons. The van der Waals surface area contributed by atoms with Crippen molar-refractivity contribution >= 4 is 0 Å². The molecule has 2 fully saturated rings. The summed E-state index contributed by atoms with van der Waals surface area (Å²) in [5.41, 5.74) is 2.91. The average Bonchev–Trinajstić information content (AvgIpc) is 3.26. The molecule has 1 spiro atoms. The molecule has 5 heteroatoms. The average molecular weight is 326 g/mol. The number of methoxy groups -OCH3 is 1. The molecule has 24 heavy (non-hydrogen) atoms. The molecule has 0 saturated carbocycles. The van der Waals surface area contributed by atoms with E-state index in [9.17, 15) is 0 Å². The predicted octanol–water partition coefficient (Wildman–Crippen LogP) is 2.46. The van der Waals surface area contributed by atoms with Gasteiger partial charge in [-0.1, -0.05) is 0 Å². The summed E-state index contributed by atoms with van der Waals surface area (Å²) in [6.45, 7) is 5.68. The van der Waals surface area contributed by atoms with Crippen molar-refractivity contribution in [3.63, 3.8) is 0 Å². The fourth-order valence-corrected chi connectivity index (χ4v) is 4.23. The van der Waals surface area contributed by atoms with Crippen molar-refractivity contribution in [1.82, 2.24) is 20.0 Å². The van der Waals surface area contributed by atoms with Crippen molar-refractivity contribution in [2.75, 3.05) is 33.3 Å². The van der Waals surface area contributed by atoms with Gasteiger partial charge in [0.05, 0.1) is 12.8 Å². The number of piperidine rings is 1. The number of rotatable bonds is 4. The maximum atomic E-state index is 5.44. The summed E-state index contributed by atoms with van der Waals surface area (Å²) in [7, 11) is 1.73. The summed E-state index contributed by atoms with van der Waals surface area (Å²) >= 11 is 0. The molecule has 3 heterocycles. The van der Waals surface area contributed by atoms with E-state index in [1.165, 1.54) is 51.0 Å². The number of hydrogen-bond donors (Lipinski definition) is 1. The lowest BCUT2D eigenvalue weighted by atomic mass is 9.80. The number of hydrogen-bond acceptors (Lipinski definition) is 4. The van der Waals surface area contributed by atoms with Crippen molar-refractivity contribution in [2.24, 2.45) is 5.41 Å². The summed E-state index contributed by atoms with van der Waals surface area (Å²) in [6.07, 6.45) is 7.81. The Labute approximate surface area is 143 Å². The van der Waals surface area contributed by atoms with Crippen LogP contribution in [0, 0.1) is 5.41 Å². The zero-order valence-electron chi connectivity index (χ0n) is 14.4. The van der Waals surface area contributed by atoms with E-state index in [1.807, 2.05) is 29.2 Å². The Morgan fingerprint density at radius 3 is 3.04 bits per heavy atom. The van der Waals surface area contributed by atoms with Crippen LogP contribution in [0.15, 0.2) is 36.7 Å². The Morgan fingerprint density at radius 1 is 1.33 bits per heavy atom.